The van der Waals surface area contributed by atoms with E-state index >= 15 is 0 Å². The minimum Gasteiger partial charge on any atom is -0.479 e. The van der Waals surface area contributed by atoms with E-state index in [4.69, 9.17) is 14.2 Å². The van der Waals surface area contributed by atoms with Gasteiger partial charge < -0.3 is 19.5 Å². The maximum atomic E-state index is 12.4. The summed E-state index contributed by atoms with van der Waals surface area (Å²) in [7, 11) is 1.27. The number of benzene rings is 1. The first-order valence-corrected chi connectivity index (χ1v) is 11.5. The summed E-state index contributed by atoms with van der Waals surface area (Å²) in [6, 6.07) is 12.6. The van der Waals surface area contributed by atoms with Crippen LogP contribution in [0, 0.1) is 0 Å². The van der Waals surface area contributed by atoms with Crippen molar-refractivity contribution in [1.29, 1.82) is 0 Å². The molecule has 1 N–H and O–H groups in total. The lowest BCUT2D eigenvalue weighted by Crippen LogP contribution is -2.15. The Bertz CT molecular complexity index is 1150. The van der Waals surface area contributed by atoms with Crippen LogP contribution in [0.25, 0.3) is 10.4 Å². The van der Waals surface area contributed by atoms with Crippen molar-refractivity contribution in [2.75, 3.05) is 25.6 Å². The van der Waals surface area contributed by atoms with Crippen LogP contribution in [-0.4, -0.2) is 43.2 Å². The fraction of sp³-hybridized carbons (Fsp3) is 0.217. The van der Waals surface area contributed by atoms with Crippen LogP contribution >= 0.6 is 27.3 Å². The molecule has 3 aromatic rings. The highest BCUT2D eigenvalue weighted by atomic mass is 79.9. The Labute approximate surface area is 203 Å². The average Bonchev–Trinajstić information content (AvgIpc) is 3.14. The number of methoxy groups -OCH3 is 1. The van der Waals surface area contributed by atoms with E-state index in [9.17, 15) is 14.4 Å². The molecule has 0 fully saturated rings. The number of carbonyl (C=O) groups excluding carboxylic acids is 3. The van der Waals surface area contributed by atoms with Gasteiger partial charge in [0.15, 0.2) is 17.2 Å². The molecule has 33 heavy (non-hydrogen) atoms. The molecule has 0 aliphatic carbocycles. The van der Waals surface area contributed by atoms with Gasteiger partial charge >= 0.3 is 11.9 Å². The van der Waals surface area contributed by atoms with Crippen molar-refractivity contribution in [3.05, 3.63) is 63.7 Å². The number of pyridine rings is 1. The molecule has 2 heterocycles. The molecule has 0 saturated heterocycles. The molecular formula is C23H21BrN2O6S. The third kappa shape index (κ3) is 6.39. The highest BCUT2D eigenvalue weighted by Gasteiger charge is 2.25. The number of halogens is 1. The molecule has 0 aliphatic heterocycles. The number of esters is 2. The number of hydrogen-bond donors (Lipinski definition) is 1. The lowest BCUT2D eigenvalue weighted by Gasteiger charge is -2.08. The van der Waals surface area contributed by atoms with Gasteiger partial charge in [-0.15, -0.1) is 11.3 Å². The normalized spacial score (nSPS) is 10.4. The highest BCUT2D eigenvalue weighted by Crippen LogP contribution is 2.46. The van der Waals surface area contributed by atoms with Gasteiger partial charge in [0.1, 0.15) is 0 Å². The summed E-state index contributed by atoms with van der Waals surface area (Å²) < 4.78 is 15.8. The third-order valence-corrected chi connectivity index (χ3v) is 6.52. The molecule has 0 radical (unpaired) electrons. The van der Waals surface area contributed by atoms with Crippen molar-refractivity contribution < 1.29 is 28.6 Å². The molecule has 8 nitrogen and oxygen atoms in total. The van der Waals surface area contributed by atoms with Crippen LogP contribution in [-0.2, 0) is 25.5 Å². The van der Waals surface area contributed by atoms with Crippen LogP contribution in [0.4, 0.5) is 5.69 Å². The van der Waals surface area contributed by atoms with Gasteiger partial charge in [0.25, 0.3) is 0 Å². The van der Waals surface area contributed by atoms with Crippen LogP contribution in [0.5, 0.6) is 5.75 Å². The topological polar surface area (TPSA) is 104 Å². The predicted octanol–water partition coefficient (Wildman–Crippen LogP) is 4.48. The van der Waals surface area contributed by atoms with Gasteiger partial charge in [0.05, 0.1) is 29.5 Å². The summed E-state index contributed by atoms with van der Waals surface area (Å²) in [6.45, 7) is 1.57. The van der Waals surface area contributed by atoms with E-state index in [1.807, 2.05) is 12.1 Å². The second-order valence-electron chi connectivity index (χ2n) is 6.62. The van der Waals surface area contributed by atoms with Gasteiger partial charge in [-0.1, -0.05) is 18.2 Å². The smallest absolute Gasteiger partial charge is 0.351 e. The number of rotatable bonds is 9. The number of carbonyl (C=O) groups is 3. The molecule has 0 bridgehead atoms. The molecule has 0 spiro atoms. The summed E-state index contributed by atoms with van der Waals surface area (Å²) in [4.78, 5) is 41.4. The second kappa shape index (κ2) is 11.6. The molecular weight excluding hydrogens is 512 g/mol. The van der Waals surface area contributed by atoms with Crippen molar-refractivity contribution in [3.63, 3.8) is 0 Å². The zero-order chi connectivity index (χ0) is 23.8. The summed E-state index contributed by atoms with van der Waals surface area (Å²) in [5.41, 5.74) is 1.99. The van der Waals surface area contributed by atoms with Gasteiger partial charge in [-0.25, -0.2) is 9.59 Å². The molecule has 0 saturated carbocycles. The van der Waals surface area contributed by atoms with E-state index in [1.54, 1.807) is 43.5 Å². The van der Waals surface area contributed by atoms with E-state index < -0.39 is 11.9 Å². The molecule has 1 amide bonds. The van der Waals surface area contributed by atoms with Crippen LogP contribution in [0.3, 0.4) is 0 Å². The predicted molar refractivity (Wildman–Crippen MR) is 127 cm³/mol. The Morgan fingerprint density at radius 2 is 1.97 bits per heavy atom. The molecule has 0 aliphatic rings. The Morgan fingerprint density at radius 3 is 2.67 bits per heavy atom. The Hall–Kier alpha value is -3.24. The van der Waals surface area contributed by atoms with Crippen LogP contribution in [0.1, 0.15) is 22.3 Å². The molecule has 3 rings (SSSR count). The van der Waals surface area contributed by atoms with E-state index in [0.717, 1.165) is 16.9 Å². The fourth-order valence-corrected chi connectivity index (χ4v) is 4.85. The summed E-state index contributed by atoms with van der Waals surface area (Å²) in [6.07, 6.45) is 1.78. The lowest BCUT2D eigenvalue weighted by molar-refractivity contribution is -0.145. The molecule has 1 aromatic carbocycles. The monoisotopic (exact) mass is 532 g/mol. The van der Waals surface area contributed by atoms with Gasteiger partial charge in [0.2, 0.25) is 5.91 Å². The maximum Gasteiger partial charge on any atom is 0.351 e. The number of aromatic nitrogens is 1. The lowest BCUT2D eigenvalue weighted by atomic mass is 10.1. The summed E-state index contributed by atoms with van der Waals surface area (Å²) in [5.74, 6) is -1.15. The zero-order valence-corrected chi connectivity index (χ0v) is 20.3. The molecule has 0 atom stereocenters. The van der Waals surface area contributed by atoms with Crippen molar-refractivity contribution >= 4 is 50.8 Å². The van der Waals surface area contributed by atoms with E-state index in [2.05, 4.69) is 26.2 Å². The van der Waals surface area contributed by atoms with Gasteiger partial charge in [0, 0.05) is 17.6 Å². The minimum atomic E-state index is -0.592. The second-order valence-corrected chi connectivity index (χ2v) is 8.43. The Kier molecular flexibility index (Phi) is 8.56. The Balaban J connectivity index is 1.84. The minimum absolute atomic E-state index is 0.145. The molecule has 0 unspecified atom stereocenters. The molecule has 172 valence electrons. The van der Waals surface area contributed by atoms with Gasteiger partial charge in [-0.05, 0) is 52.7 Å². The highest BCUT2D eigenvalue weighted by molar-refractivity contribution is 9.10. The van der Waals surface area contributed by atoms with Crippen molar-refractivity contribution in [2.45, 2.75) is 13.3 Å². The molecule has 10 heteroatoms. The first kappa shape index (κ1) is 24.4. The number of amides is 1. The van der Waals surface area contributed by atoms with Gasteiger partial charge in [-0.2, -0.15) is 0 Å². The van der Waals surface area contributed by atoms with E-state index in [1.165, 1.54) is 7.11 Å². The van der Waals surface area contributed by atoms with E-state index in [-0.39, 0.29) is 36.2 Å². The number of nitrogens with one attached hydrogen (secondary N) is 1. The van der Waals surface area contributed by atoms with Crippen molar-refractivity contribution in [2.24, 2.45) is 0 Å². The molecule has 2 aromatic heterocycles. The largest absolute Gasteiger partial charge is 0.479 e. The number of thiophene rings is 1. The number of nitrogens with zero attached hydrogens (tertiary/aromatic N) is 1. The maximum absolute atomic E-state index is 12.4. The first-order chi connectivity index (χ1) is 15.9. The van der Waals surface area contributed by atoms with Crippen LogP contribution in [0.2, 0.25) is 0 Å². The Morgan fingerprint density at radius 1 is 1.15 bits per heavy atom. The standard InChI is InChI=1S/C23H21BrN2O6S/c1-3-31-18(28)13-32-20-19(24)21(33-22(20)23(29)30-2)14-7-6-9-16(11-14)26-17(27)12-15-8-4-5-10-25-15/h4-11H,3,12-13H2,1-2H3,(H,26,27). The average molecular weight is 533 g/mol. The number of anilines is 1. The van der Waals surface area contributed by atoms with Crippen LogP contribution in [0.15, 0.2) is 53.1 Å². The van der Waals surface area contributed by atoms with E-state index in [0.29, 0.717) is 20.7 Å². The van der Waals surface area contributed by atoms with Crippen molar-refractivity contribution in [1.82, 2.24) is 4.98 Å². The summed E-state index contributed by atoms with van der Waals surface area (Å²) in [5, 5.41) is 2.86. The van der Waals surface area contributed by atoms with Crippen molar-refractivity contribution in [3.8, 4) is 16.2 Å². The van der Waals surface area contributed by atoms with Crippen LogP contribution < -0.4 is 10.1 Å². The first-order valence-electron chi connectivity index (χ1n) is 9.92. The number of hydrogen-bond acceptors (Lipinski definition) is 8. The zero-order valence-electron chi connectivity index (χ0n) is 17.9. The summed E-state index contributed by atoms with van der Waals surface area (Å²) >= 11 is 4.62. The SMILES string of the molecule is CCOC(=O)COc1c(C(=O)OC)sc(-c2cccc(NC(=O)Cc3ccccn3)c2)c1Br. The van der Waals surface area contributed by atoms with Gasteiger partial charge in [-0.3, -0.25) is 9.78 Å². The fourth-order valence-electron chi connectivity index (χ4n) is 2.88. The third-order valence-electron chi connectivity index (χ3n) is 4.30. The quantitative estimate of drug-likeness (QED) is 0.405. The number of ether oxygens (including phenoxy) is 3.